The van der Waals surface area contributed by atoms with E-state index in [0.29, 0.717) is 18.0 Å². The number of fused-ring (bicyclic) bond motifs is 2. The number of likely N-dealkylation sites (tertiary alicyclic amines) is 1. The molecule has 0 spiro atoms. The van der Waals surface area contributed by atoms with Gasteiger partial charge in [-0.05, 0) is 49.9 Å². The van der Waals surface area contributed by atoms with Crippen LogP contribution in [0.2, 0.25) is 0 Å². The van der Waals surface area contributed by atoms with Crippen molar-refractivity contribution in [3.63, 3.8) is 0 Å². The molecule has 1 aliphatic carbocycles. The van der Waals surface area contributed by atoms with Gasteiger partial charge in [-0.1, -0.05) is 19.1 Å². The van der Waals surface area contributed by atoms with Gasteiger partial charge in [-0.2, -0.15) is 0 Å². The summed E-state index contributed by atoms with van der Waals surface area (Å²) in [5.41, 5.74) is 12.1. The van der Waals surface area contributed by atoms with Gasteiger partial charge in [0.2, 0.25) is 0 Å². The van der Waals surface area contributed by atoms with Gasteiger partial charge in [0.25, 0.3) is 0 Å². The summed E-state index contributed by atoms with van der Waals surface area (Å²) < 4.78 is 0. The molecule has 1 aromatic carbocycles. The van der Waals surface area contributed by atoms with Crippen LogP contribution in [-0.4, -0.2) is 35.1 Å². The lowest BCUT2D eigenvalue weighted by molar-refractivity contribution is 0.110. The molecule has 4 rings (SSSR count). The summed E-state index contributed by atoms with van der Waals surface area (Å²) >= 11 is 0. The van der Waals surface area contributed by atoms with Crippen molar-refractivity contribution in [2.75, 3.05) is 13.1 Å². The molecule has 1 saturated heterocycles. The predicted molar refractivity (Wildman–Crippen MR) is 87.7 cm³/mol. The highest BCUT2D eigenvalue weighted by molar-refractivity contribution is 5.89. The molecule has 0 bridgehead atoms. The number of aromatic nitrogens is 1. The van der Waals surface area contributed by atoms with Gasteiger partial charge < -0.3 is 10.7 Å². The van der Waals surface area contributed by atoms with E-state index in [-0.39, 0.29) is 0 Å². The molecule has 3 atom stereocenters. The normalized spacial score (nSPS) is 28.8. The zero-order valence-electron chi connectivity index (χ0n) is 13.0. The van der Waals surface area contributed by atoms with Crippen molar-refractivity contribution in [1.82, 2.24) is 9.88 Å². The van der Waals surface area contributed by atoms with Crippen LogP contribution in [0.5, 0.6) is 0 Å². The molecule has 2 aliphatic rings. The highest BCUT2D eigenvalue weighted by atomic mass is 15.2. The van der Waals surface area contributed by atoms with Gasteiger partial charge in [-0.25, -0.2) is 0 Å². The largest absolute Gasteiger partial charge is 0.358 e. The fraction of sp³-hybridized carbons (Fsp3) is 0.556. The average molecular weight is 283 g/mol. The van der Waals surface area contributed by atoms with Crippen LogP contribution in [-0.2, 0) is 6.42 Å². The van der Waals surface area contributed by atoms with Gasteiger partial charge in [0.15, 0.2) is 0 Å². The molecule has 1 unspecified atom stereocenters. The predicted octanol–water partition coefficient (Wildman–Crippen LogP) is 2.93. The molecule has 0 saturated carbocycles. The number of nitrogens with zero attached hydrogens (tertiary/aromatic N) is 1. The Hall–Kier alpha value is -1.32. The van der Waals surface area contributed by atoms with Gasteiger partial charge in [-0.3, -0.25) is 4.90 Å². The number of hydrogen-bond acceptors (Lipinski definition) is 2. The summed E-state index contributed by atoms with van der Waals surface area (Å²) in [4.78, 5) is 6.22. The highest BCUT2D eigenvalue weighted by Gasteiger charge is 2.39. The van der Waals surface area contributed by atoms with E-state index in [1.54, 1.807) is 5.56 Å². The van der Waals surface area contributed by atoms with Crippen molar-refractivity contribution >= 4 is 10.9 Å². The zero-order chi connectivity index (χ0) is 14.6. The number of benzene rings is 1. The minimum absolute atomic E-state index is 0.314. The van der Waals surface area contributed by atoms with Crippen LogP contribution >= 0.6 is 0 Å². The summed E-state index contributed by atoms with van der Waals surface area (Å²) in [5, 5.41) is 1.49. The van der Waals surface area contributed by atoms with Crippen molar-refractivity contribution in [1.29, 1.82) is 0 Å². The summed E-state index contributed by atoms with van der Waals surface area (Å²) in [7, 11) is 0. The molecule has 3 N–H and O–H groups in total. The maximum absolute atomic E-state index is 6.37. The minimum atomic E-state index is 0.314. The maximum atomic E-state index is 6.37. The fourth-order valence-electron chi connectivity index (χ4n) is 4.65. The molecule has 1 fully saturated rings. The third kappa shape index (κ3) is 1.95. The lowest BCUT2D eigenvalue weighted by Gasteiger charge is -2.46. The Morgan fingerprint density at radius 3 is 3.05 bits per heavy atom. The van der Waals surface area contributed by atoms with E-state index >= 15 is 0 Å². The second-order valence-corrected chi connectivity index (χ2v) is 6.87. The van der Waals surface area contributed by atoms with Crippen LogP contribution in [0.25, 0.3) is 10.9 Å². The monoisotopic (exact) mass is 283 g/mol. The number of aryl methyl sites for hydroxylation is 1. The number of piperidine rings is 1. The van der Waals surface area contributed by atoms with Gasteiger partial charge in [0.1, 0.15) is 0 Å². The maximum Gasteiger partial charge on any atom is 0.0461 e. The third-order valence-electron chi connectivity index (χ3n) is 5.46. The molecule has 2 aromatic rings. The molecular weight excluding hydrogens is 258 g/mol. The van der Waals surface area contributed by atoms with Crippen molar-refractivity contribution in [2.24, 2.45) is 5.73 Å². The first kappa shape index (κ1) is 13.4. The van der Waals surface area contributed by atoms with E-state index < -0.39 is 0 Å². The molecule has 0 radical (unpaired) electrons. The van der Waals surface area contributed by atoms with E-state index in [4.69, 9.17) is 5.73 Å². The molecular formula is C18H25N3. The number of nitrogens with two attached hydrogens (primary N) is 1. The molecule has 21 heavy (non-hydrogen) atoms. The first-order chi connectivity index (χ1) is 10.2. The van der Waals surface area contributed by atoms with E-state index in [0.717, 1.165) is 13.0 Å². The molecule has 3 nitrogen and oxygen atoms in total. The topological polar surface area (TPSA) is 45.0 Å². The third-order valence-corrected chi connectivity index (χ3v) is 5.46. The first-order valence-corrected chi connectivity index (χ1v) is 8.28. The van der Waals surface area contributed by atoms with Gasteiger partial charge in [0.05, 0.1) is 0 Å². The summed E-state index contributed by atoms with van der Waals surface area (Å²) in [6.07, 6.45) is 3.52. The first-order valence-electron chi connectivity index (χ1n) is 8.28. The van der Waals surface area contributed by atoms with Crippen molar-refractivity contribution in [3.8, 4) is 0 Å². The van der Waals surface area contributed by atoms with Gasteiger partial charge in [0, 0.05) is 41.1 Å². The Morgan fingerprint density at radius 2 is 2.24 bits per heavy atom. The average Bonchev–Trinajstić information content (AvgIpc) is 2.78. The van der Waals surface area contributed by atoms with Crippen LogP contribution < -0.4 is 5.73 Å². The summed E-state index contributed by atoms with van der Waals surface area (Å²) in [5.74, 6) is 0.603. The smallest absolute Gasteiger partial charge is 0.0461 e. The molecule has 0 amide bonds. The Labute approximate surface area is 126 Å². The lowest BCUT2D eigenvalue weighted by atomic mass is 9.73. The number of nitrogens with one attached hydrogen (secondary N) is 1. The Morgan fingerprint density at radius 1 is 1.38 bits per heavy atom. The molecule has 2 heterocycles. The Kier molecular flexibility index (Phi) is 3.09. The second kappa shape index (κ2) is 4.85. The molecule has 3 heteroatoms. The van der Waals surface area contributed by atoms with E-state index in [9.17, 15) is 0 Å². The number of H-pyrrole nitrogens is 1. The molecule has 112 valence electrons. The molecule has 1 aromatic heterocycles. The summed E-state index contributed by atoms with van der Waals surface area (Å²) in [6.45, 7) is 6.72. The van der Waals surface area contributed by atoms with E-state index in [2.05, 4.69) is 41.9 Å². The highest BCUT2D eigenvalue weighted by Crippen LogP contribution is 2.44. The van der Waals surface area contributed by atoms with Gasteiger partial charge in [-0.15, -0.1) is 0 Å². The zero-order valence-corrected chi connectivity index (χ0v) is 13.0. The van der Waals surface area contributed by atoms with Crippen molar-refractivity contribution in [2.45, 2.75) is 51.1 Å². The number of hydrogen-bond donors (Lipinski definition) is 2. The van der Waals surface area contributed by atoms with Crippen LogP contribution in [0.4, 0.5) is 0 Å². The standard InChI is InChI=1S/C18H25N3/c1-3-7-21-10-12(19)8-15-13-5-4-6-16-18(13)14(9-17(15)21)11(2)20-16/h4-6,12,15,17,20H,3,7-10,19H2,1-2H3/t12-,15?,17+/m0/s1. The quantitative estimate of drug-likeness (QED) is 0.890. The van der Waals surface area contributed by atoms with Crippen LogP contribution in [0.15, 0.2) is 18.2 Å². The van der Waals surface area contributed by atoms with Gasteiger partial charge >= 0.3 is 0 Å². The lowest BCUT2D eigenvalue weighted by Crippen LogP contribution is -2.54. The van der Waals surface area contributed by atoms with Crippen LogP contribution in [0.3, 0.4) is 0 Å². The number of rotatable bonds is 2. The fourth-order valence-corrected chi connectivity index (χ4v) is 4.65. The molecule has 1 aliphatic heterocycles. The minimum Gasteiger partial charge on any atom is -0.358 e. The SMILES string of the molecule is CCCN1C[C@@H](N)CC2c3cccc4[nH]c(C)c(c34)C[C@H]21. The van der Waals surface area contributed by atoms with Crippen LogP contribution in [0, 0.1) is 6.92 Å². The van der Waals surface area contributed by atoms with E-state index in [1.165, 1.54) is 41.5 Å². The number of aromatic amines is 1. The Balaban J connectivity index is 1.85. The van der Waals surface area contributed by atoms with Crippen molar-refractivity contribution < 1.29 is 0 Å². The van der Waals surface area contributed by atoms with Crippen molar-refractivity contribution in [3.05, 3.63) is 35.0 Å². The van der Waals surface area contributed by atoms with E-state index in [1.807, 2.05) is 0 Å². The Bertz CT molecular complexity index is 672. The second-order valence-electron chi connectivity index (χ2n) is 6.87. The summed E-state index contributed by atoms with van der Waals surface area (Å²) in [6, 6.07) is 7.69. The van der Waals surface area contributed by atoms with Crippen LogP contribution in [0.1, 0.15) is 42.5 Å².